The number of anilines is 2. The van der Waals surface area contributed by atoms with Crippen LogP contribution in [0.1, 0.15) is 24.8 Å². The van der Waals surface area contributed by atoms with Crippen LogP contribution >= 0.6 is 34.5 Å². The number of halogens is 2. The van der Waals surface area contributed by atoms with Crippen molar-refractivity contribution in [3.63, 3.8) is 0 Å². The van der Waals surface area contributed by atoms with Gasteiger partial charge < -0.3 is 10.2 Å². The molecule has 0 unspecified atom stereocenters. The highest BCUT2D eigenvalue weighted by Crippen LogP contribution is 2.30. The van der Waals surface area contributed by atoms with Crippen molar-refractivity contribution < 1.29 is 4.79 Å². The minimum atomic E-state index is -0.223. The summed E-state index contributed by atoms with van der Waals surface area (Å²) in [6.07, 6.45) is 0. The van der Waals surface area contributed by atoms with Gasteiger partial charge in [0.1, 0.15) is 5.01 Å². The predicted molar refractivity (Wildman–Crippen MR) is 92.4 cm³/mol. The Morgan fingerprint density at radius 2 is 1.95 bits per heavy atom. The van der Waals surface area contributed by atoms with Gasteiger partial charge in [-0.1, -0.05) is 54.5 Å². The van der Waals surface area contributed by atoms with E-state index in [9.17, 15) is 4.79 Å². The highest BCUT2D eigenvalue weighted by Gasteiger charge is 2.15. The number of likely N-dealkylation sites (N-methyl/N-ethyl adjacent to an activating group) is 1. The third-order valence-corrected chi connectivity index (χ3v) is 4.83. The van der Waals surface area contributed by atoms with E-state index in [1.54, 1.807) is 30.1 Å². The van der Waals surface area contributed by atoms with Gasteiger partial charge in [0.2, 0.25) is 11.0 Å². The maximum absolute atomic E-state index is 12.1. The van der Waals surface area contributed by atoms with Gasteiger partial charge in [-0.3, -0.25) is 4.79 Å². The first-order chi connectivity index (χ1) is 10.4. The Morgan fingerprint density at radius 3 is 2.50 bits per heavy atom. The van der Waals surface area contributed by atoms with Gasteiger partial charge in [-0.15, -0.1) is 10.2 Å². The van der Waals surface area contributed by atoms with Crippen LogP contribution in [-0.4, -0.2) is 29.7 Å². The first-order valence-corrected chi connectivity index (χ1v) is 8.24. The topological polar surface area (TPSA) is 58.1 Å². The third kappa shape index (κ3) is 4.09. The number of hydrogen-bond acceptors (Lipinski definition) is 5. The van der Waals surface area contributed by atoms with Crippen LogP contribution in [0, 0.1) is 0 Å². The Kier molecular flexibility index (Phi) is 5.61. The lowest BCUT2D eigenvalue weighted by atomic mass is 10.2. The number of benzene rings is 1. The van der Waals surface area contributed by atoms with Crippen molar-refractivity contribution in [2.45, 2.75) is 19.8 Å². The maximum atomic E-state index is 12.1. The molecule has 2 aromatic rings. The number of para-hydroxylation sites is 1. The van der Waals surface area contributed by atoms with Crippen molar-refractivity contribution in [1.82, 2.24) is 10.2 Å². The van der Waals surface area contributed by atoms with Gasteiger partial charge in [0.25, 0.3) is 0 Å². The van der Waals surface area contributed by atoms with Gasteiger partial charge >= 0.3 is 0 Å². The average molecular weight is 359 g/mol. The average Bonchev–Trinajstić information content (AvgIpc) is 2.93. The smallest absolute Gasteiger partial charge is 0.244 e. The molecule has 8 heteroatoms. The van der Waals surface area contributed by atoms with Crippen LogP contribution < -0.4 is 10.2 Å². The molecule has 0 aliphatic carbocycles. The van der Waals surface area contributed by atoms with E-state index in [1.807, 2.05) is 0 Å². The zero-order valence-corrected chi connectivity index (χ0v) is 14.8. The van der Waals surface area contributed by atoms with Crippen LogP contribution in [0.15, 0.2) is 18.2 Å². The molecule has 0 saturated carbocycles. The molecule has 2 rings (SSSR count). The minimum absolute atomic E-state index is 0.133. The van der Waals surface area contributed by atoms with E-state index >= 15 is 0 Å². The van der Waals surface area contributed by atoms with Crippen molar-refractivity contribution in [1.29, 1.82) is 0 Å². The molecule has 1 N–H and O–H groups in total. The van der Waals surface area contributed by atoms with Crippen LogP contribution in [-0.2, 0) is 4.79 Å². The quantitative estimate of drug-likeness (QED) is 0.875. The second kappa shape index (κ2) is 7.26. The van der Waals surface area contributed by atoms with Crippen LogP contribution in [0.4, 0.5) is 10.8 Å². The first-order valence-electron chi connectivity index (χ1n) is 6.67. The summed E-state index contributed by atoms with van der Waals surface area (Å²) in [4.78, 5) is 13.9. The Labute approximate surface area is 143 Å². The van der Waals surface area contributed by atoms with Crippen molar-refractivity contribution in [3.05, 3.63) is 33.3 Å². The summed E-state index contributed by atoms with van der Waals surface area (Å²) >= 11 is 13.5. The van der Waals surface area contributed by atoms with E-state index in [0.29, 0.717) is 26.8 Å². The molecular weight excluding hydrogens is 343 g/mol. The molecule has 0 fully saturated rings. The largest absolute Gasteiger partial charge is 0.340 e. The molecule has 1 amide bonds. The van der Waals surface area contributed by atoms with E-state index in [4.69, 9.17) is 23.2 Å². The lowest BCUT2D eigenvalue weighted by Gasteiger charge is -2.15. The molecule has 5 nitrogen and oxygen atoms in total. The lowest BCUT2D eigenvalue weighted by molar-refractivity contribution is -0.114. The first kappa shape index (κ1) is 17.0. The molecular formula is C14H16Cl2N4OS. The molecule has 0 aliphatic rings. The van der Waals surface area contributed by atoms with Gasteiger partial charge in [0.05, 0.1) is 22.3 Å². The zero-order chi connectivity index (χ0) is 16.3. The van der Waals surface area contributed by atoms with Gasteiger partial charge in [-0.2, -0.15) is 0 Å². The number of amides is 1. The van der Waals surface area contributed by atoms with Crippen molar-refractivity contribution >= 4 is 51.3 Å². The summed E-state index contributed by atoms with van der Waals surface area (Å²) in [6.45, 7) is 4.24. The SMILES string of the molecule is CC(C)c1nnc(N(C)CC(=O)Nc2c(Cl)cccc2Cl)s1. The Hall–Kier alpha value is -1.37. The molecule has 22 heavy (non-hydrogen) atoms. The second-order valence-corrected chi connectivity index (χ2v) is 6.88. The molecule has 0 aliphatic heterocycles. The van der Waals surface area contributed by atoms with Crippen LogP contribution in [0.5, 0.6) is 0 Å². The normalized spacial score (nSPS) is 10.8. The van der Waals surface area contributed by atoms with Crippen LogP contribution in [0.3, 0.4) is 0 Å². The Balaban J connectivity index is 2.02. The number of aromatic nitrogens is 2. The number of rotatable bonds is 5. The fourth-order valence-corrected chi connectivity index (χ4v) is 2.99. The number of nitrogens with zero attached hydrogens (tertiary/aromatic N) is 3. The fourth-order valence-electron chi connectivity index (χ4n) is 1.69. The van der Waals surface area contributed by atoms with E-state index < -0.39 is 0 Å². The summed E-state index contributed by atoms with van der Waals surface area (Å²) in [5.41, 5.74) is 0.421. The van der Waals surface area contributed by atoms with Gasteiger partial charge in [-0.05, 0) is 12.1 Å². The summed E-state index contributed by atoms with van der Waals surface area (Å²) in [7, 11) is 1.79. The Morgan fingerprint density at radius 1 is 1.32 bits per heavy atom. The molecule has 0 spiro atoms. The maximum Gasteiger partial charge on any atom is 0.244 e. The minimum Gasteiger partial charge on any atom is -0.340 e. The van der Waals surface area contributed by atoms with Crippen molar-refractivity contribution in [3.8, 4) is 0 Å². The monoisotopic (exact) mass is 358 g/mol. The summed E-state index contributed by atoms with van der Waals surface area (Å²) in [5, 5.41) is 13.4. The molecule has 0 bridgehead atoms. The predicted octanol–water partition coefficient (Wildman–Crippen LogP) is 4.04. The number of hydrogen-bond donors (Lipinski definition) is 1. The summed E-state index contributed by atoms with van der Waals surface area (Å²) < 4.78 is 0. The Bertz CT molecular complexity index is 654. The van der Waals surface area contributed by atoms with Crippen LogP contribution in [0.25, 0.3) is 0 Å². The molecule has 1 heterocycles. The third-order valence-electron chi connectivity index (χ3n) is 2.86. The van der Waals surface area contributed by atoms with E-state index in [2.05, 4.69) is 29.4 Å². The highest BCUT2D eigenvalue weighted by molar-refractivity contribution is 7.15. The second-order valence-electron chi connectivity index (χ2n) is 5.08. The molecule has 0 atom stereocenters. The molecule has 0 saturated heterocycles. The fraction of sp³-hybridized carbons (Fsp3) is 0.357. The van der Waals surface area contributed by atoms with Crippen LogP contribution in [0.2, 0.25) is 10.0 Å². The number of carbonyl (C=O) groups is 1. The molecule has 1 aromatic heterocycles. The molecule has 0 radical (unpaired) electrons. The van der Waals surface area contributed by atoms with Gasteiger partial charge in [0, 0.05) is 13.0 Å². The van der Waals surface area contributed by atoms with E-state index in [0.717, 1.165) is 5.01 Å². The zero-order valence-electron chi connectivity index (χ0n) is 12.4. The van der Waals surface area contributed by atoms with Gasteiger partial charge in [-0.25, -0.2) is 0 Å². The lowest BCUT2D eigenvalue weighted by Crippen LogP contribution is -2.30. The molecule has 1 aromatic carbocycles. The standard InChI is InChI=1S/C14H16Cl2N4OS/c1-8(2)13-18-19-14(22-13)20(3)7-11(21)17-12-9(15)5-4-6-10(12)16/h4-6,8H,7H2,1-3H3,(H,17,21). The molecule has 118 valence electrons. The van der Waals surface area contributed by atoms with E-state index in [1.165, 1.54) is 11.3 Å². The van der Waals surface area contributed by atoms with Gasteiger partial charge in [0.15, 0.2) is 0 Å². The summed E-state index contributed by atoms with van der Waals surface area (Å²) in [5.74, 6) is 0.0919. The van der Waals surface area contributed by atoms with Crippen molar-refractivity contribution in [2.24, 2.45) is 0 Å². The summed E-state index contributed by atoms with van der Waals surface area (Å²) in [6, 6.07) is 5.07. The highest BCUT2D eigenvalue weighted by atomic mass is 35.5. The van der Waals surface area contributed by atoms with E-state index in [-0.39, 0.29) is 12.5 Å². The number of nitrogens with one attached hydrogen (secondary N) is 1. The number of carbonyl (C=O) groups excluding carboxylic acids is 1. The van der Waals surface area contributed by atoms with Crippen molar-refractivity contribution in [2.75, 3.05) is 23.8 Å².